The molecule has 6 nitrogen and oxygen atoms in total. The minimum absolute atomic E-state index is 0.0380. The van der Waals surface area contributed by atoms with Crippen LogP contribution in [0.4, 0.5) is 5.82 Å². The zero-order valence-electron chi connectivity index (χ0n) is 14.7. The molecule has 2 N–H and O–H groups in total. The standard InChI is InChI=1S/C16H27N5OS/c1-11-10-18-12(2)14(19-11)20-6-8-21(9-7-20)15(22)13(17)16(3,4)23-5/h10,13H,6-9,17H2,1-5H3/t13-/m1/s1. The Kier molecular flexibility index (Phi) is 5.52. The molecule has 1 saturated heterocycles. The van der Waals surface area contributed by atoms with Gasteiger partial charge < -0.3 is 15.5 Å². The molecular weight excluding hydrogens is 310 g/mol. The summed E-state index contributed by atoms with van der Waals surface area (Å²) < 4.78 is -0.257. The van der Waals surface area contributed by atoms with Gasteiger partial charge in [-0.1, -0.05) is 0 Å². The van der Waals surface area contributed by atoms with Crippen molar-refractivity contribution in [3.05, 3.63) is 17.6 Å². The van der Waals surface area contributed by atoms with E-state index in [0.717, 1.165) is 30.3 Å². The van der Waals surface area contributed by atoms with Crippen LogP contribution >= 0.6 is 11.8 Å². The van der Waals surface area contributed by atoms with Crippen LogP contribution in [0.5, 0.6) is 0 Å². The highest BCUT2D eigenvalue weighted by molar-refractivity contribution is 8.00. The molecule has 2 heterocycles. The predicted octanol–water partition coefficient (Wildman–Crippen LogP) is 1.21. The maximum atomic E-state index is 12.6. The topological polar surface area (TPSA) is 75.4 Å². The van der Waals surface area contributed by atoms with Crippen LogP contribution in [0.3, 0.4) is 0 Å². The first-order valence-electron chi connectivity index (χ1n) is 7.91. The van der Waals surface area contributed by atoms with Crippen molar-refractivity contribution >= 4 is 23.5 Å². The lowest BCUT2D eigenvalue weighted by Gasteiger charge is -2.39. The van der Waals surface area contributed by atoms with Gasteiger partial charge in [0, 0.05) is 37.1 Å². The van der Waals surface area contributed by atoms with Crippen LogP contribution in [-0.4, -0.2) is 64.0 Å². The fourth-order valence-corrected chi connectivity index (χ4v) is 2.94. The van der Waals surface area contributed by atoms with E-state index in [1.807, 2.05) is 38.9 Å². The first-order valence-corrected chi connectivity index (χ1v) is 9.13. The molecule has 0 aliphatic carbocycles. The largest absolute Gasteiger partial charge is 0.352 e. The molecule has 1 fully saturated rings. The molecule has 7 heteroatoms. The molecule has 0 spiro atoms. The van der Waals surface area contributed by atoms with Crippen molar-refractivity contribution in [3.8, 4) is 0 Å². The average Bonchev–Trinajstić information content (AvgIpc) is 2.55. The van der Waals surface area contributed by atoms with E-state index >= 15 is 0 Å². The summed E-state index contributed by atoms with van der Waals surface area (Å²) in [5.41, 5.74) is 8.01. The highest BCUT2D eigenvalue weighted by atomic mass is 32.2. The summed E-state index contributed by atoms with van der Waals surface area (Å²) in [5.74, 6) is 0.960. The number of nitrogens with two attached hydrogens (primary N) is 1. The van der Waals surface area contributed by atoms with Gasteiger partial charge in [-0.25, -0.2) is 4.98 Å². The van der Waals surface area contributed by atoms with Crippen molar-refractivity contribution in [1.29, 1.82) is 0 Å². The number of aromatic nitrogens is 2. The monoisotopic (exact) mass is 337 g/mol. The normalized spacial score (nSPS) is 17.3. The Balaban J connectivity index is 2.01. The van der Waals surface area contributed by atoms with Gasteiger partial charge in [0.15, 0.2) is 0 Å². The van der Waals surface area contributed by atoms with E-state index in [1.54, 1.807) is 18.0 Å². The van der Waals surface area contributed by atoms with Crippen molar-refractivity contribution < 1.29 is 4.79 Å². The molecule has 1 atom stereocenters. The number of carbonyl (C=O) groups excluding carboxylic acids is 1. The summed E-state index contributed by atoms with van der Waals surface area (Å²) in [4.78, 5) is 25.6. The third-order valence-corrected chi connectivity index (χ3v) is 5.79. The van der Waals surface area contributed by atoms with Gasteiger partial charge >= 0.3 is 0 Å². The minimum Gasteiger partial charge on any atom is -0.352 e. The number of thioether (sulfide) groups is 1. The van der Waals surface area contributed by atoms with E-state index in [-0.39, 0.29) is 10.7 Å². The van der Waals surface area contributed by atoms with E-state index in [4.69, 9.17) is 5.73 Å². The van der Waals surface area contributed by atoms with Crippen LogP contribution < -0.4 is 10.6 Å². The fourth-order valence-electron chi connectivity index (χ4n) is 2.58. The summed E-state index contributed by atoms with van der Waals surface area (Å²) >= 11 is 1.63. The minimum atomic E-state index is -0.482. The van der Waals surface area contributed by atoms with Crippen LogP contribution in [0.1, 0.15) is 25.2 Å². The van der Waals surface area contributed by atoms with Crippen LogP contribution in [0.15, 0.2) is 6.20 Å². The van der Waals surface area contributed by atoms with Crippen LogP contribution in [0, 0.1) is 13.8 Å². The maximum absolute atomic E-state index is 12.6. The molecule has 1 amide bonds. The first-order chi connectivity index (χ1) is 10.8. The SMILES string of the molecule is CSC(C)(C)[C@H](N)C(=O)N1CCN(c2nc(C)cnc2C)CC1. The summed E-state index contributed by atoms with van der Waals surface area (Å²) in [6.07, 6.45) is 3.77. The second-order valence-electron chi connectivity index (χ2n) is 6.52. The Hall–Kier alpha value is -1.34. The molecule has 0 unspecified atom stereocenters. The van der Waals surface area contributed by atoms with Gasteiger partial charge in [0.1, 0.15) is 5.82 Å². The van der Waals surface area contributed by atoms with Crippen molar-refractivity contribution in [2.45, 2.75) is 38.5 Å². The lowest BCUT2D eigenvalue weighted by Crippen LogP contribution is -2.58. The molecule has 23 heavy (non-hydrogen) atoms. The van der Waals surface area contributed by atoms with Gasteiger partial charge in [0.05, 0.1) is 17.4 Å². The third kappa shape index (κ3) is 3.95. The molecule has 0 radical (unpaired) electrons. The van der Waals surface area contributed by atoms with Gasteiger partial charge in [0.25, 0.3) is 0 Å². The zero-order valence-corrected chi connectivity index (χ0v) is 15.5. The van der Waals surface area contributed by atoms with E-state index in [0.29, 0.717) is 13.1 Å². The maximum Gasteiger partial charge on any atom is 0.241 e. The second kappa shape index (κ2) is 7.05. The van der Waals surface area contributed by atoms with Crippen molar-refractivity contribution in [2.24, 2.45) is 5.73 Å². The van der Waals surface area contributed by atoms with Crippen LogP contribution in [-0.2, 0) is 4.79 Å². The van der Waals surface area contributed by atoms with Gasteiger partial charge in [0.2, 0.25) is 5.91 Å². The molecule has 0 aromatic carbocycles. The Labute approximate surface area is 142 Å². The van der Waals surface area contributed by atoms with Gasteiger partial charge in [-0.05, 0) is 34.0 Å². The third-order valence-electron chi connectivity index (χ3n) is 4.48. The van der Waals surface area contributed by atoms with Crippen LogP contribution in [0.2, 0.25) is 0 Å². The lowest BCUT2D eigenvalue weighted by molar-refractivity contribution is -0.133. The van der Waals surface area contributed by atoms with E-state index in [1.165, 1.54) is 0 Å². The van der Waals surface area contributed by atoms with E-state index in [9.17, 15) is 4.79 Å². The molecular formula is C16H27N5OS. The first kappa shape index (κ1) is 18.0. The summed E-state index contributed by atoms with van der Waals surface area (Å²) in [7, 11) is 0. The highest BCUT2D eigenvalue weighted by Crippen LogP contribution is 2.26. The van der Waals surface area contributed by atoms with Gasteiger partial charge in [-0.2, -0.15) is 11.8 Å². The molecule has 1 aromatic rings. The lowest BCUT2D eigenvalue weighted by atomic mass is 10.0. The molecule has 2 rings (SSSR count). The van der Waals surface area contributed by atoms with Gasteiger partial charge in [-0.15, -0.1) is 0 Å². The highest BCUT2D eigenvalue weighted by Gasteiger charge is 2.35. The molecule has 1 aromatic heterocycles. The number of carbonyl (C=O) groups is 1. The summed E-state index contributed by atoms with van der Waals surface area (Å²) in [6.45, 7) is 10.8. The van der Waals surface area contributed by atoms with Crippen molar-refractivity contribution in [1.82, 2.24) is 14.9 Å². The van der Waals surface area contributed by atoms with Crippen molar-refractivity contribution in [2.75, 3.05) is 37.3 Å². The number of aryl methyl sites for hydroxylation is 2. The Morgan fingerprint density at radius 1 is 1.30 bits per heavy atom. The Morgan fingerprint density at radius 3 is 2.48 bits per heavy atom. The number of rotatable bonds is 4. The number of nitrogens with zero attached hydrogens (tertiary/aromatic N) is 4. The molecule has 128 valence electrons. The van der Waals surface area contributed by atoms with Gasteiger partial charge in [-0.3, -0.25) is 9.78 Å². The quantitative estimate of drug-likeness (QED) is 0.890. The molecule has 0 saturated carbocycles. The number of anilines is 1. The van der Waals surface area contributed by atoms with Crippen LogP contribution in [0.25, 0.3) is 0 Å². The van der Waals surface area contributed by atoms with E-state index in [2.05, 4.69) is 14.9 Å². The number of hydrogen-bond acceptors (Lipinski definition) is 6. The van der Waals surface area contributed by atoms with Crippen molar-refractivity contribution in [3.63, 3.8) is 0 Å². The predicted molar refractivity (Wildman–Crippen MR) is 95.9 cm³/mol. The number of amides is 1. The second-order valence-corrected chi connectivity index (χ2v) is 7.98. The molecule has 1 aliphatic heterocycles. The number of piperazine rings is 1. The molecule has 0 bridgehead atoms. The molecule has 1 aliphatic rings. The number of hydrogen-bond donors (Lipinski definition) is 1. The Bertz CT molecular complexity index is 570. The Morgan fingerprint density at radius 2 is 1.91 bits per heavy atom. The fraction of sp³-hybridized carbons (Fsp3) is 0.688. The smallest absolute Gasteiger partial charge is 0.241 e. The zero-order chi connectivity index (χ0) is 17.2. The summed E-state index contributed by atoms with van der Waals surface area (Å²) in [6, 6.07) is -0.482. The van der Waals surface area contributed by atoms with E-state index < -0.39 is 6.04 Å². The average molecular weight is 337 g/mol. The summed E-state index contributed by atoms with van der Waals surface area (Å²) in [5, 5.41) is 0.